The Morgan fingerprint density at radius 3 is 2.61 bits per heavy atom. The van der Waals surface area contributed by atoms with Gasteiger partial charge in [-0.3, -0.25) is 9.48 Å². The van der Waals surface area contributed by atoms with Crippen LogP contribution >= 0.6 is 0 Å². The van der Waals surface area contributed by atoms with Crippen molar-refractivity contribution in [1.29, 1.82) is 0 Å². The fourth-order valence-corrected chi connectivity index (χ4v) is 4.61. The molecule has 2 N–H and O–H groups in total. The summed E-state index contributed by atoms with van der Waals surface area (Å²) < 4.78 is 61.3. The molecule has 0 radical (unpaired) electrons. The zero-order chi connectivity index (χ0) is 26.5. The summed E-state index contributed by atoms with van der Waals surface area (Å²) in [5.74, 6) is -1.36. The van der Waals surface area contributed by atoms with Gasteiger partial charge in [0.2, 0.25) is 11.9 Å². The Kier molecular flexibility index (Phi) is 5.65. The Hall–Kier alpha value is -4.29. The molecule has 0 spiro atoms. The molecule has 4 heterocycles. The molecule has 0 unspecified atom stereocenters. The Bertz CT molecular complexity index is 1510. The zero-order valence-electron chi connectivity index (χ0n) is 19.8. The van der Waals surface area contributed by atoms with Crippen LogP contribution in [0, 0.1) is 5.82 Å². The highest BCUT2D eigenvalue weighted by Crippen LogP contribution is 2.59. The maximum absolute atomic E-state index is 14.8. The molecule has 2 aliphatic rings. The smallest absolute Gasteiger partial charge is 0.358 e. The van der Waals surface area contributed by atoms with E-state index in [4.69, 9.17) is 4.52 Å². The Morgan fingerprint density at radius 2 is 1.89 bits per heavy atom. The minimum Gasteiger partial charge on any atom is -0.358 e. The first kappa shape index (κ1) is 24.1. The summed E-state index contributed by atoms with van der Waals surface area (Å²) in [6.45, 7) is 0.893. The third-order valence-corrected chi connectivity index (χ3v) is 6.91. The highest BCUT2D eigenvalue weighted by Gasteiger charge is 2.66. The van der Waals surface area contributed by atoms with Gasteiger partial charge in [0, 0.05) is 30.6 Å². The summed E-state index contributed by atoms with van der Waals surface area (Å²) in [5.41, 5.74) is 1.14. The summed E-state index contributed by atoms with van der Waals surface area (Å²) in [5, 5.41) is 13.4. The molecule has 0 atom stereocenters. The Balaban J connectivity index is 1.09. The number of aromatic nitrogens is 5. The molecular formula is C25H21F4N7O2. The van der Waals surface area contributed by atoms with Crippen LogP contribution in [0.1, 0.15) is 36.3 Å². The topological polar surface area (TPSA) is 111 Å². The minimum atomic E-state index is -4.46. The standard InChI is InChI=1S/C25H21F4N7O2/c26-17-8-14(16-11-30-23(31-12-16)33-18-13-32-36-7-1-2-19(18)36)3-4-15(17)9-22(37)34-21-10-20(38-35-21)24(5-6-24)25(27,28)29/h3-4,8,10-13H,1-2,5-7,9H2,(H,30,31,33)(H,34,35,37). The van der Waals surface area contributed by atoms with Crippen molar-refractivity contribution in [3.63, 3.8) is 0 Å². The summed E-state index contributed by atoms with van der Waals surface area (Å²) >= 11 is 0. The van der Waals surface area contributed by atoms with Gasteiger partial charge in [-0.2, -0.15) is 18.3 Å². The minimum absolute atomic E-state index is 0.0898. The average molecular weight is 527 g/mol. The van der Waals surface area contributed by atoms with Gasteiger partial charge in [0.1, 0.15) is 11.2 Å². The van der Waals surface area contributed by atoms with Crippen molar-refractivity contribution in [3.05, 3.63) is 65.7 Å². The van der Waals surface area contributed by atoms with Crippen molar-refractivity contribution in [3.8, 4) is 11.1 Å². The molecule has 1 aliphatic heterocycles. The monoisotopic (exact) mass is 527 g/mol. The fourth-order valence-electron chi connectivity index (χ4n) is 4.61. The number of hydrogen-bond acceptors (Lipinski definition) is 7. The first-order valence-electron chi connectivity index (χ1n) is 12.0. The van der Waals surface area contributed by atoms with Crippen molar-refractivity contribution in [2.45, 2.75) is 50.2 Å². The van der Waals surface area contributed by atoms with E-state index in [1.807, 2.05) is 4.68 Å². The normalized spacial score (nSPS) is 15.8. The molecule has 196 valence electrons. The van der Waals surface area contributed by atoms with E-state index in [2.05, 4.69) is 30.9 Å². The second-order valence-corrected chi connectivity index (χ2v) is 9.44. The van der Waals surface area contributed by atoms with Crippen LogP contribution in [0.5, 0.6) is 0 Å². The molecule has 1 fully saturated rings. The largest absolute Gasteiger partial charge is 0.401 e. The van der Waals surface area contributed by atoms with E-state index in [1.165, 1.54) is 12.1 Å². The number of amides is 1. The number of rotatable bonds is 7. The summed E-state index contributed by atoms with van der Waals surface area (Å²) in [7, 11) is 0. The first-order valence-corrected chi connectivity index (χ1v) is 12.0. The number of carbonyl (C=O) groups excluding carboxylic acids is 1. The van der Waals surface area contributed by atoms with Gasteiger partial charge in [-0.25, -0.2) is 14.4 Å². The van der Waals surface area contributed by atoms with Gasteiger partial charge in [0.25, 0.3) is 0 Å². The lowest BCUT2D eigenvalue weighted by Crippen LogP contribution is -2.28. The third-order valence-electron chi connectivity index (χ3n) is 6.91. The van der Waals surface area contributed by atoms with Gasteiger partial charge in [-0.1, -0.05) is 17.3 Å². The molecule has 6 rings (SSSR count). The van der Waals surface area contributed by atoms with E-state index >= 15 is 0 Å². The summed E-state index contributed by atoms with van der Waals surface area (Å²) in [4.78, 5) is 21.0. The van der Waals surface area contributed by atoms with Crippen LogP contribution in [0.3, 0.4) is 0 Å². The van der Waals surface area contributed by atoms with E-state index < -0.39 is 23.3 Å². The maximum atomic E-state index is 14.8. The van der Waals surface area contributed by atoms with Crippen LogP contribution in [-0.4, -0.2) is 37.0 Å². The molecular weight excluding hydrogens is 506 g/mol. The van der Waals surface area contributed by atoms with E-state index in [0.717, 1.165) is 36.8 Å². The van der Waals surface area contributed by atoms with Crippen LogP contribution in [-0.2, 0) is 29.6 Å². The Morgan fingerprint density at radius 1 is 1.11 bits per heavy atom. The van der Waals surface area contributed by atoms with Crippen LogP contribution in [0.2, 0.25) is 0 Å². The van der Waals surface area contributed by atoms with Crippen LogP contribution < -0.4 is 10.6 Å². The predicted molar refractivity (Wildman–Crippen MR) is 127 cm³/mol. The summed E-state index contributed by atoms with van der Waals surface area (Å²) in [6.07, 6.45) is 1.87. The molecule has 13 heteroatoms. The molecule has 9 nitrogen and oxygen atoms in total. The van der Waals surface area contributed by atoms with E-state index in [9.17, 15) is 22.4 Å². The van der Waals surface area contributed by atoms with Crippen molar-refractivity contribution >= 4 is 23.4 Å². The number of nitrogens with zero attached hydrogens (tertiary/aromatic N) is 5. The van der Waals surface area contributed by atoms with Crippen molar-refractivity contribution < 1.29 is 26.9 Å². The van der Waals surface area contributed by atoms with Crippen molar-refractivity contribution in [2.75, 3.05) is 10.6 Å². The number of aryl methyl sites for hydroxylation is 1. The van der Waals surface area contributed by atoms with Gasteiger partial charge in [-0.05, 0) is 42.9 Å². The van der Waals surface area contributed by atoms with E-state index in [-0.39, 0.29) is 36.4 Å². The Labute approximate surface area is 213 Å². The molecule has 3 aromatic heterocycles. The third kappa shape index (κ3) is 4.37. The predicted octanol–water partition coefficient (Wildman–Crippen LogP) is 4.93. The number of alkyl halides is 3. The van der Waals surface area contributed by atoms with Gasteiger partial charge < -0.3 is 15.2 Å². The maximum Gasteiger partial charge on any atom is 0.401 e. The number of benzene rings is 1. The molecule has 38 heavy (non-hydrogen) atoms. The number of nitrogens with one attached hydrogen (secondary N) is 2. The SMILES string of the molecule is O=C(Cc1ccc(-c2cnc(Nc3cnn4c3CCC4)nc2)cc1F)Nc1cc(C2(C(F)(F)F)CC2)on1. The molecule has 1 saturated carbocycles. The quantitative estimate of drug-likeness (QED) is 0.328. The highest BCUT2D eigenvalue weighted by atomic mass is 19.4. The lowest BCUT2D eigenvalue weighted by Gasteiger charge is -2.14. The second-order valence-electron chi connectivity index (χ2n) is 9.44. The van der Waals surface area contributed by atoms with Crippen molar-refractivity contribution in [2.24, 2.45) is 0 Å². The molecule has 1 amide bonds. The van der Waals surface area contributed by atoms with Gasteiger partial charge in [0.15, 0.2) is 11.6 Å². The van der Waals surface area contributed by atoms with E-state index in [0.29, 0.717) is 17.1 Å². The molecule has 1 aliphatic carbocycles. The number of hydrogen-bond donors (Lipinski definition) is 2. The van der Waals surface area contributed by atoms with Crippen LogP contribution in [0.15, 0.2) is 47.4 Å². The number of anilines is 3. The number of fused-ring (bicyclic) bond motifs is 1. The lowest BCUT2D eigenvalue weighted by atomic mass is 10.0. The van der Waals surface area contributed by atoms with Crippen LogP contribution in [0.4, 0.5) is 35.0 Å². The number of carbonyl (C=O) groups is 1. The molecule has 4 aromatic rings. The highest BCUT2D eigenvalue weighted by molar-refractivity contribution is 5.91. The van der Waals surface area contributed by atoms with Gasteiger partial charge in [0.05, 0.1) is 24.0 Å². The first-order chi connectivity index (χ1) is 18.2. The lowest BCUT2D eigenvalue weighted by molar-refractivity contribution is -0.165. The van der Waals surface area contributed by atoms with E-state index in [1.54, 1.807) is 24.7 Å². The van der Waals surface area contributed by atoms with Crippen LogP contribution in [0.25, 0.3) is 11.1 Å². The molecule has 1 aromatic carbocycles. The fraction of sp³-hybridized carbons (Fsp3) is 0.320. The van der Waals surface area contributed by atoms with Gasteiger partial charge >= 0.3 is 6.18 Å². The second kappa shape index (κ2) is 8.92. The van der Waals surface area contributed by atoms with Gasteiger partial charge in [-0.15, -0.1) is 0 Å². The number of halogens is 4. The molecule has 0 bridgehead atoms. The zero-order valence-corrected chi connectivity index (χ0v) is 19.8. The average Bonchev–Trinajstić information content (AvgIpc) is 3.18. The van der Waals surface area contributed by atoms with Crippen molar-refractivity contribution in [1.82, 2.24) is 24.9 Å². The summed E-state index contributed by atoms with van der Waals surface area (Å²) in [6, 6.07) is 5.43. The molecule has 0 saturated heterocycles.